The highest BCUT2D eigenvalue weighted by Gasteiger charge is 2.21. The van der Waals surface area contributed by atoms with Gasteiger partial charge in [0.05, 0.1) is 18.4 Å². The number of carboxylic acid groups (broad SMARTS) is 1. The number of morpholine rings is 1. The van der Waals surface area contributed by atoms with Crippen LogP contribution in [0.1, 0.15) is 17.2 Å². The zero-order valence-corrected chi connectivity index (χ0v) is 17.4. The molecule has 1 fully saturated rings. The van der Waals surface area contributed by atoms with E-state index in [0.29, 0.717) is 5.65 Å². The molecular weight excluding hydrogens is 406 g/mol. The molecular formula is C24H23N5O3. The molecule has 162 valence electrons. The van der Waals surface area contributed by atoms with Crippen molar-refractivity contribution >= 4 is 17.7 Å². The largest absolute Gasteiger partial charge is 0.465 e. The molecule has 4 aromatic rings. The van der Waals surface area contributed by atoms with E-state index in [1.807, 2.05) is 30.3 Å². The molecule has 8 heteroatoms. The number of hydrogen-bond donors (Lipinski definition) is 2. The molecule has 1 unspecified atom stereocenters. The van der Waals surface area contributed by atoms with Crippen LogP contribution in [-0.2, 0) is 11.3 Å². The highest BCUT2D eigenvalue weighted by Crippen LogP contribution is 2.25. The van der Waals surface area contributed by atoms with Crippen LogP contribution in [0.4, 0.5) is 10.7 Å². The van der Waals surface area contributed by atoms with Gasteiger partial charge in [0.1, 0.15) is 0 Å². The summed E-state index contributed by atoms with van der Waals surface area (Å²) in [5, 5.41) is 15.4. The molecule has 0 radical (unpaired) electrons. The third-order valence-electron chi connectivity index (χ3n) is 5.56. The first-order valence-electron chi connectivity index (χ1n) is 10.5. The van der Waals surface area contributed by atoms with Crippen molar-refractivity contribution < 1.29 is 14.6 Å². The van der Waals surface area contributed by atoms with Crippen molar-refractivity contribution in [1.29, 1.82) is 0 Å². The second kappa shape index (κ2) is 8.78. The van der Waals surface area contributed by atoms with E-state index in [1.165, 1.54) is 11.1 Å². The van der Waals surface area contributed by atoms with E-state index in [0.717, 1.165) is 37.5 Å². The summed E-state index contributed by atoms with van der Waals surface area (Å²) < 4.78 is 7.62. The number of pyridine rings is 1. The molecule has 2 N–H and O–H groups in total. The van der Waals surface area contributed by atoms with E-state index in [4.69, 9.17) is 9.84 Å². The first-order chi connectivity index (χ1) is 15.7. The molecule has 0 saturated carbocycles. The lowest BCUT2D eigenvalue weighted by molar-refractivity contribution is -0.0329. The molecule has 2 aromatic heterocycles. The van der Waals surface area contributed by atoms with E-state index in [2.05, 4.69) is 56.7 Å². The average molecular weight is 429 g/mol. The van der Waals surface area contributed by atoms with Crippen molar-refractivity contribution in [3.8, 4) is 11.3 Å². The van der Waals surface area contributed by atoms with E-state index in [9.17, 15) is 4.79 Å². The predicted octanol–water partition coefficient (Wildman–Crippen LogP) is 4.06. The Morgan fingerprint density at radius 1 is 1.06 bits per heavy atom. The van der Waals surface area contributed by atoms with Gasteiger partial charge < -0.3 is 9.84 Å². The average Bonchev–Trinajstić information content (AvgIpc) is 3.22. The van der Waals surface area contributed by atoms with Gasteiger partial charge in [-0.15, -0.1) is 5.10 Å². The molecule has 1 aliphatic heterocycles. The number of amides is 1. The van der Waals surface area contributed by atoms with E-state index < -0.39 is 6.09 Å². The van der Waals surface area contributed by atoms with Crippen molar-refractivity contribution in [3.63, 3.8) is 0 Å². The number of rotatable bonds is 5. The van der Waals surface area contributed by atoms with Crippen LogP contribution in [0.25, 0.3) is 16.9 Å². The van der Waals surface area contributed by atoms with Crippen LogP contribution in [0.2, 0.25) is 0 Å². The van der Waals surface area contributed by atoms with Crippen molar-refractivity contribution in [2.24, 2.45) is 0 Å². The summed E-state index contributed by atoms with van der Waals surface area (Å²) in [5.74, 6) is 0.0573. The molecule has 8 nitrogen and oxygen atoms in total. The number of hydrogen-bond acceptors (Lipinski definition) is 5. The summed E-state index contributed by atoms with van der Waals surface area (Å²) in [7, 11) is 0. The molecule has 1 amide bonds. The molecule has 3 heterocycles. The smallest absolute Gasteiger partial charge is 0.411 e. The van der Waals surface area contributed by atoms with Crippen molar-refractivity contribution in [2.45, 2.75) is 12.6 Å². The number of aromatic nitrogens is 3. The van der Waals surface area contributed by atoms with Crippen molar-refractivity contribution in [1.82, 2.24) is 19.5 Å². The Balaban J connectivity index is 1.31. The minimum atomic E-state index is -1.19. The van der Waals surface area contributed by atoms with Gasteiger partial charge in [0.25, 0.3) is 5.95 Å². The lowest BCUT2D eigenvalue weighted by Crippen LogP contribution is -2.37. The standard InChI is InChI=1S/C24H23N5O3/c30-24(31)26-23-25-22-8-4-7-20(29(22)27-23)18-11-9-17(10-12-18)15-28-13-14-32-21(16-28)19-5-2-1-3-6-19/h1-12,21H,13-16H2,(H,26,27)(H,30,31). The maximum atomic E-state index is 10.9. The number of fused-ring (bicyclic) bond motifs is 1. The summed E-state index contributed by atoms with van der Waals surface area (Å²) in [6, 6.07) is 24.3. The van der Waals surface area contributed by atoms with E-state index in [-0.39, 0.29) is 12.1 Å². The maximum Gasteiger partial charge on any atom is 0.411 e. The summed E-state index contributed by atoms with van der Waals surface area (Å²) in [6.07, 6.45) is -1.09. The van der Waals surface area contributed by atoms with Crippen LogP contribution in [0.3, 0.4) is 0 Å². The Kier molecular flexibility index (Phi) is 5.53. The Labute approximate surface area is 185 Å². The Morgan fingerprint density at radius 3 is 2.66 bits per heavy atom. The molecule has 5 rings (SSSR count). The fraction of sp³-hybridized carbons (Fsp3) is 0.208. The SMILES string of the molecule is O=C(O)Nc1nc2cccc(-c3ccc(CN4CCOC(c5ccccc5)C4)cc3)n2n1. The van der Waals surface area contributed by atoms with Crippen molar-refractivity contribution in [2.75, 3.05) is 25.0 Å². The van der Waals surface area contributed by atoms with Gasteiger partial charge >= 0.3 is 6.09 Å². The fourth-order valence-electron chi connectivity index (χ4n) is 4.03. The first-order valence-corrected chi connectivity index (χ1v) is 10.5. The molecule has 1 atom stereocenters. The number of ether oxygens (including phenoxy) is 1. The van der Waals surface area contributed by atoms with Crippen LogP contribution >= 0.6 is 0 Å². The summed E-state index contributed by atoms with van der Waals surface area (Å²) in [6.45, 7) is 3.35. The van der Waals surface area contributed by atoms with Crippen LogP contribution in [0.5, 0.6) is 0 Å². The van der Waals surface area contributed by atoms with E-state index in [1.54, 1.807) is 10.6 Å². The normalized spacial score (nSPS) is 16.8. The topological polar surface area (TPSA) is 92.0 Å². The second-order valence-electron chi connectivity index (χ2n) is 7.75. The predicted molar refractivity (Wildman–Crippen MR) is 120 cm³/mol. The molecule has 0 aliphatic carbocycles. The van der Waals surface area contributed by atoms with E-state index >= 15 is 0 Å². The van der Waals surface area contributed by atoms with Crippen LogP contribution < -0.4 is 5.32 Å². The summed E-state index contributed by atoms with van der Waals surface area (Å²) in [4.78, 5) is 17.5. The number of nitrogens with one attached hydrogen (secondary N) is 1. The second-order valence-corrected chi connectivity index (χ2v) is 7.75. The third kappa shape index (κ3) is 4.32. The minimum Gasteiger partial charge on any atom is -0.465 e. The number of anilines is 1. The van der Waals surface area contributed by atoms with Crippen LogP contribution in [-0.4, -0.2) is 50.4 Å². The molecule has 1 saturated heterocycles. The minimum absolute atomic E-state index is 0.0573. The molecule has 32 heavy (non-hydrogen) atoms. The first kappa shape index (κ1) is 20.2. The lowest BCUT2D eigenvalue weighted by Gasteiger charge is -2.33. The molecule has 2 aromatic carbocycles. The number of nitrogens with zero attached hydrogens (tertiary/aromatic N) is 4. The van der Waals surface area contributed by atoms with Crippen molar-refractivity contribution in [3.05, 3.63) is 83.9 Å². The summed E-state index contributed by atoms with van der Waals surface area (Å²) in [5.41, 5.74) is 4.84. The van der Waals surface area contributed by atoms with Gasteiger partial charge in [-0.05, 0) is 23.3 Å². The van der Waals surface area contributed by atoms with Gasteiger partial charge in [-0.2, -0.15) is 4.98 Å². The molecule has 0 spiro atoms. The Morgan fingerprint density at radius 2 is 1.88 bits per heavy atom. The van der Waals surface area contributed by atoms with Gasteiger partial charge in [-0.1, -0.05) is 60.7 Å². The van der Waals surface area contributed by atoms with Gasteiger partial charge in [0.15, 0.2) is 5.65 Å². The maximum absolute atomic E-state index is 10.9. The fourth-order valence-corrected chi connectivity index (χ4v) is 4.03. The summed E-state index contributed by atoms with van der Waals surface area (Å²) >= 11 is 0. The van der Waals surface area contributed by atoms with Gasteiger partial charge in [0, 0.05) is 25.2 Å². The van der Waals surface area contributed by atoms with Crippen LogP contribution in [0, 0.1) is 0 Å². The quantitative estimate of drug-likeness (QED) is 0.497. The molecule has 0 bridgehead atoms. The third-order valence-corrected chi connectivity index (χ3v) is 5.56. The highest BCUT2D eigenvalue weighted by atomic mass is 16.5. The zero-order valence-electron chi connectivity index (χ0n) is 17.4. The lowest BCUT2D eigenvalue weighted by atomic mass is 10.1. The Hall–Kier alpha value is -3.75. The number of carbonyl (C=O) groups is 1. The highest BCUT2D eigenvalue weighted by molar-refractivity contribution is 5.80. The monoisotopic (exact) mass is 429 g/mol. The zero-order chi connectivity index (χ0) is 21.9. The van der Waals surface area contributed by atoms with Gasteiger partial charge in [-0.3, -0.25) is 10.2 Å². The molecule has 1 aliphatic rings. The Bertz CT molecular complexity index is 1220. The van der Waals surface area contributed by atoms with Crippen LogP contribution in [0.15, 0.2) is 72.8 Å². The van der Waals surface area contributed by atoms with Gasteiger partial charge in [0.2, 0.25) is 0 Å². The van der Waals surface area contributed by atoms with Gasteiger partial charge in [-0.25, -0.2) is 9.31 Å². The number of benzene rings is 2.